The molecule has 8 nitrogen and oxygen atoms in total. The predicted molar refractivity (Wildman–Crippen MR) is 89.3 cm³/mol. The summed E-state index contributed by atoms with van der Waals surface area (Å²) in [6.45, 7) is 0. The summed E-state index contributed by atoms with van der Waals surface area (Å²) in [6.07, 6.45) is 2.19. The summed E-state index contributed by atoms with van der Waals surface area (Å²) in [6, 6.07) is 9.61. The van der Waals surface area contributed by atoms with Gasteiger partial charge in [-0.05, 0) is 24.3 Å². The lowest BCUT2D eigenvalue weighted by Crippen LogP contribution is -2.19. The SMILES string of the molecule is CNC(=O)c1ccccc1OC(=O)/C=C/c1cc([N+](=O)[O-])ccc1O. The number of nitrogens with one attached hydrogen (secondary N) is 1. The normalized spacial score (nSPS) is 10.4. The molecule has 0 heterocycles. The number of nitro groups is 1. The number of non-ortho nitro benzene ring substituents is 1. The zero-order valence-electron chi connectivity index (χ0n) is 13.1. The molecule has 0 aromatic heterocycles. The van der Waals surface area contributed by atoms with Crippen molar-refractivity contribution in [3.63, 3.8) is 0 Å². The Hall–Kier alpha value is -3.68. The van der Waals surface area contributed by atoms with Crippen LogP contribution in [0.25, 0.3) is 6.08 Å². The molecule has 1 amide bonds. The Balaban J connectivity index is 2.19. The van der Waals surface area contributed by atoms with Crippen LogP contribution >= 0.6 is 0 Å². The fourth-order valence-electron chi connectivity index (χ4n) is 1.97. The molecule has 25 heavy (non-hydrogen) atoms. The van der Waals surface area contributed by atoms with Gasteiger partial charge < -0.3 is 15.2 Å². The first-order chi connectivity index (χ1) is 11.9. The van der Waals surface area contributed by atoms with Crippen LogP contribution in [0.2, 0.25) is 0 Å². The molecule has 0 saturated carbocycles. The van der Waals surface area contributed by atoms with E-state index in [0.717, 1.165) is 24.3 Å². The Morgan fingerprint density at radius 3 is 2.64 bits per heavy atom. The third kappa shape index (κ3) is 4.41. The van der Waals surface area contributed by atoms with Gasteiger partial charge in [0.25, 0.3) is 11.6 Å². The Morgan fingerprint density at radius 2 is 1.96 bits per heavy atom. The molecule has 0 spiro atoms. The zero-order valence-corrected chi connectivity index (χ0v) is 13.1. The highest BCUT2D eigenvalue weighted by molar-refractivity contribution is 5.98. The first kappa shape index (κ1) is 17.7. The molecule has 8 heteroatoms. The highest BCUT2D eigenvalue weighted by Crippen LogP contribution is 2.24. The summed E-state index contributed by atoms with van der Waals surface area (Å²) >= 11 is 0. The Morgan fingerprint density at radius 1 is 1.24 bits per heavy atom. The maximum absolute atomic E-state index is 11.9. The maximum atomic E-state index is 11.9. The molecule has 0 fully saturated rings. The van der Waals surface area contributed by atoms with Crippen molar-refractivity contribution in [2.24, 2.45) is 0 Å². The van der Waals surface area contributed by atoms with Crippen molar-refractivity contribution in [2.75, 3.05) is 7.05 Å². The number of nitro benzene ring substituents is 1. The van der Waals surface area contributed by atoms with Gasteiger partial charge in [-0.3, -0.25) is 14.9 Å². The van der Waals surface area contributed by atoms with Crippen LogP contribution in [0, 0.1) is 10.1 Å². The maximum Gasteiger partial charge on any atom is 0.336 e. The minimum absolute atomic E-state index is 0.0692. The van der Waals surface area contributed by atoms with Gasteiger partial charge in [-0.2, -0.15) is 0 Å². The number of amides is 1. The number of aromatic hydroxyl groups is 1. The molecular formula is C17H14N2O6. The van der Waals surface area contributed by atoms with Gasteiger partial charge in [0.2, 0.25) is 0 Å². The minimum atomic E-state index is -0.803. The molecular weight excluding hydrogens is 328 g/mol. The van der Waals surface area contributed by atoms with E-state index in [0.29, 0.717) is 0 Å². The Bertz CT molecular complexity index is 860. The van der Waals surface area contributed by atoms with Gasteiger partial charge in [0.05, 0.1) is 10.5 Å². The van der Waals surface area contributed by atoms with Gasteiger partial charge in [-0.15, -0.1) is 0 Å². The van der Waals surface area contributed by atoms with Crippen molar-refractivity contribution in [1.82, 2.24) is 5.32 Å². The zero-order chi connectivity index (χ0) is 18.4. The molecule has 2 rings (SSSR count). The molecule has 2 aromatic rings. The van der Waals surface area contributed by atoms with E-state index in [1.54, 1.807) is 12.1 Å². The first-order valence-corrected chi connectivity index (χ1v) is 7.10. The van der Waals surface area contributed by atoms with Crippen molar-refractivity contribution in [3.05, 3.63) is 69.8 Å². The second kappa shape index (κ2) is 7.73. The quantitative estimate of drug-likeness (QED) is 0.283. The standard InChI is InChI=1S/C17H14N2O6/c1-18-17(22)13-4-2-3-5-15(13)25-16(21)9-6-11-10-12(19(23)24)7-8-14(11)20/h2-10,20H,1H3,(H,18,22)/b9-6+. The molecule has 0 unspecified atom stereocenters. The molecule has 0 atom stereocenters. The Labute approximate surface area is 142 Å². The molecule has 0 saturated heterocycles. The number of para-hydroxylation sites is 1. The molecule has 0 radical (unpaired) electrons. The lowest BCUT2D eigenvalue weighted by atomic mass is 10.1. The van der Waals surface area contributed by atoms with Gasteiger partial charge in [0.1, 0.15) is 11.5 Å². The van der Waals surface area contributed by atoms with E-state index in [2.05, 4.69) is 5.32 Å². The summed E-state index contributed by atoms with van der Waals surface area (Å²) in [5.41, 5.74) is 0.0477. The fourth-order valence-corrected chi connectivity index (χ4v) is 1.97. The van der Waals surface area contributed by atoms with E-state index in [1.807, 2.05) is 0 Å². The smallest absolute Gasteiger partial charge is 0.336 e. The number of rotatable bonds is 5. The molecule has 128 valence electrons. The lowest BCUT2D eigenvalue weighted by molar-refractivity contribution is -0.384. The van der Waals surface area contributed by atoms with Gasteiger partial charge in [0.15, 0.2) is 0 Å². The van der Waals surface area contributed by atoms with Gasteiger partial charge >= 0.3 is 5.97 Å². The predicted octanol–water partition coefficient (Wildman–Crippen LogP) is 2.28. The highest BCUT2D eigenvalue weighted by Gasteiger charge is 2.13. The van der Waals surface area contributed by atoms with Crippen molar-refractivity contribution in [2.45, 2.75) is 0 Å². The van der Waals surface area contributed by atoms with Crippen molar-refractivity contribution >= 4 is 23.6 Å². The van der Waals surface area contributed by atoms with Gasteiger partial charge in [0, 0.05) is 30.8 Å². The van der Waals surface area contributed by atoms with Crippen molar-refractivity contribution in [3.8, 4) is 11.5 Å². The van der Waals surface area contributed by atoms with E-state index < -0.39 is 16.8 Å². The van der Waals surface area contributed by atoms with Crippen LogP contribution in [0.5, 0.6) is 11.5 Å². The fraction of sp³-hybridized carbons (Fsp3) is 0.0588. The van der Waals surface area contributed by atoms with Crippen LogP contribution in [0.4, 0.5) is 5.69 Å². The van der Waals surface area contributed by atoms with Gasteiger partial charge in [-0.25, -0.2) is 4.79 Å². The van der Waals surface area contributed by atoms with Gasteiger partial charge in [-0.1, -0.05) is 12.1 Å². The number of carbonyl (C=O) groups excluding carboxylic acids is 2. The minimum Gasteiger partial charge on any atom is -0.507 e. The number of hydrogen-bond acceptors (Lipinski definition) is 6. The van der Waals surface area contributed by atoms with E-state index >= 15 is 0 Å². The van der Waals surface area contributed by atoms with E-state index in [1.165, 1.54) is 25.3 Å². The number of phenols is 1. The lowest BCUT2D eigenvalue weighted by Gasteiger charge is -2.07. The third-order valence-corrected chi connectivity index (χ3v) is 3.19. The van der Waals surface area contributed by atoms with E-state index in [4.69, 9.17) is 4.74 Å². The van der Waals surface area contributed by atoms with Crippen LogP contribution < -0.4 is 10.1 Å². The van der Waals surface area contributed by atoms with Crippen LogP contribution in [0.15, 0.2) is 48.5 Å². The highest BCUT2D eigenvalue weighted by atomic mass is 16.6. The van der Waals surface area contributed by atoms with Crippen LogP contribution in [-0.4, -0.2) is 29.0 Å². The number of carbonyl (C=O) groups is 2. The monoisotopic (exact) mass is 342 g/mol. The number of benzene rings is 2. The average molecular weight is 342 g/mol. The molecule has 2 aromatic carbocycles. The summed E-state index contributed by atoms with van der Waals surface area (Å²) in [5, 5.41) is 22.9. The van der Waals surface area contributed by atoms with Crippen LogP contribution in [0.3, 0.4) is 0 Å². The molecule has 0 bridgehead atoms. The molecule has 0 aliphatic heterocycles. The number of esters is 1. The van der Waals surface area contributed by atoms with Crippen LogP contribution in [-0.2, 0) is 4.79 Å². The Kier molecular flexibility index (Phi) is 5.47. The molecule has 0 aliphatic carbocycles. The summed E-state index contributed by atoms with van der Waals surface area (Å²) < 4.78 is 5.11. The number of phenolic OH excluding ortho intramolecular Hbond substituents is 1. The largest absolute Gasteiger partial charge is 0.507 e. The second-order valence-electron chi connectivity index (χ2n) is 4.83. The molecule has 2 N–H and O–H groups in total. The number of nitrogens with zero attached hydrogens (tertiary/aromatic N) is 1. The summed E-state index contributed by atoms with van der Waals surface area (Å²) in [7, 11) is 1.45. The number of hydrogen-bond donors (Lipinski definition) is 2. The van der Waals surface area contributed by atoms with Crippen molar-refractivity contribution < 1.29 is 24.4 Å². The third-order valence-electron chi connectivity index (χ3n) is 3.19. The summed E-state index contributed by atoms with van der Waals surface area (Å²) in [5.74, 6) is -1.37. The summed E-state index contributed by atoms with van der Waals surface area (Å²) in [4.78, 5) is 33.8. The number of ether oxygens (including phenoxy) is 1. The van der Waals surface area contributed by atoms with Crippen molar-refractivity contribution in [1.29, 1.82) is 0 Å². The molecule has 0 aliphatic rings. The van der Waals surface area contributed by atoms with E-state index in [-0.39, 0.29) is 28.3 Å². The van der Waals surface area contributed by atoms with E-state index in [9.17, 15) is 24.8 Å². The average Bonchev–Trinajstić information content (AvgIpc) is 2.60. The first-order valence-electron chi connectivity index (χ1n) is 7.10. The van der Waals surface area contributed by atoms with Crippen LogP contribution in [0.1, 0.15) is 15.9 Å². The second-order valence-corrected chi connectivity index (χ2v) is 4.83. The topological polar surface area (TPSA) is 119 Å².